The van der Waals surface area contributed by atoms with Crippen LogP contribution >= 0.6 is 11.6 Å². The molecule has 0 amide bonds. The van der Waals surface area contributed by atoms with Gasteiger partial charge in [0.1, 0.15) is 0 Å². The summed E-state index contributed by atoms with van der Waals surface area (Å²) >= 11 is 5.63. The molecule has 3 nitrogen and oxygen atoms in total. The van der Waals surface area contributed by atoms with Crippen LogP contribution in [0.3, 0.4) is 0 Å². The second-order valence-corrected chi connectivity index (χ2v) is 6.33. The molecule has 17 heavy (non-hydrogen) atoms. The van der Waals surface area contributed by atoms with E-state index in [0.717, 1.165) is 18.4 Å². The highest BCUT2D eigenvalue weighted by atomic mass is 35.5. The Balaban J connectivity index is 2.92. The first-order chi connectivity index (χ1) is 8.02. The summed E-state index contributed by atoms with van der Waals surface area (Å²) in [5.74, 6) is 0.543. The van der Waals surface area contributed by atoms with Crippen LogP contribution in [0.15, 0.2) is 29.2 Å². The van der Waals surface area contributed by atoms with Crippen molar-refractivity contribution < 1.29 is 8.42 Å². The summed E-state index contributed by atoms with van der Waals surface area (Å²) in [5, 5.41) is 0. The van der Waals surface area contributed by atoms with Crippen molar-refractivity contribution in [3.63, 3.8) is 0 Å². The first-order valence-electron chi connectivity index (χ1n) is 5.63. The Bertz CT molecular complexity index is 442. The highest BCUT2D eigenvalue weighted by Gasteiger charge is 2.19. The number of alkyl halides is 1. The van der Waals surface area contributed by atoms with Crippen LogP contribution in [0, 0.1) is 0 Å². The van der Waals surface area contributed by atoms with Crippen molar-refractivity contribution in [1.82, 2.24) is 4.31 Å². The van der Waals surface area contributed by atoms with Crippen molar-refractivity contribution >= 4 is 21.6 Å². The number of halogens is 1. The van der Waals surface area contributed by atoms with Gasteiger partial charge in [-0.05, 0) is 30.5 Å². The van der Waals surface area contributed by atoms with Gasteiger partial charge in [-0.15, -0.1) is 11.6 Å². The van der Waals surface area contributed by atoms with Crippen LogP contribution in [0.1, 0.15) is 18.9 Å². The summed E-state index contributed by atoms with van der Waals surface area (Å²) in [5.41, 5.74) is 1.05. The molecule has 0 spiro atoms. The van der Waals surface area contributed by atoms with E-state index in [9.17, 15) is 8.42 Å². The minimum atomic E-state index is -3.33. The topological polar surface area (TPSA) is 37.4 Å². The van der Waals surface area contributed by atoms with Crippen molar-refractivity contribution in [1.29, 1.82) is 0 Å². The fraction of sp³-hybridized carbons (Fsp3) is 0.500. The van der Waals surface area contributed by atoms with Crippen LogP contribution in [0.4, 0.5) is 0 Å². The molecular formula is C12H18ClNO2S. The van der Waals surface area contributed by atoms with Crippen LogP contribution in [-0.4, -0.2) is 32.2 Å². The van der Waals surface area contributed by atoms with Crippen molar-refractivity contribution in [3.05, 3.63) is 29.8 Å². The number of hydrogen-bond donors (Lipinski definition) is 0. The van der Waals surface area contributed by atoms with E-state index in [0.29, 0.717) is 17.3 Å². The third-order valence-electron chi connectivity index (χ3n) is 2.55. The zero-order valence-corrected chi connectivity index (χ0v) is 11.8. The smallest absolute Gasteiger partial charge is 0.207 e. The number of rotatable bonds is 6. The normalized spacial score (nSPS) is 12.0. The number of benzene rings is 1. The van der Waals surface area contributed by atoms with E-state index < -0.39 is 10.0 Å². The highest BCUT2D eigenvalue weighted by Crippen LogP contribution is 2.15. The largest absolute Gasteiger partial charge is 0.242 e. The van der Waals surface area contributed by atoms with Crippen molar-refractivity contribution in [2.75, 3.05) is 19.5 Å². The zero-order chi connectivity index (χ0) is 12.9. The van der Waals surface area contributed by atoms with Gasteiger partial charge in [0.05, 0.1) is 4.90 Å². The molecule has 0 saturated heterocycles. The van der Waals surface area contributed by atoms with Gasteiger partial charge < -0.3 is 0 Å². The van der Waals surface area contributed by atoms with Crippen LogP contribution in [0.2, 0.25) is 0 Å². The van der Waals surface area contributed by atoms with E-state index in [4.69, 9.17) is 11.6 Å². The first kappa shape index (κ1) is 14.5. The molecule has 5 heteroatoms. The number of hydrogen-bond acceptors (Lipinski definition) is 2. The summed E-state index contributed by atoms with van der Waals surface area (Å²) in [7, 11) is -1.73. The van der Waals surface area contributed by atoms with Gasteiger partial charge in [-0.25, -0.2) is 12.7 Å². The molecule has 0 unspecified atom stereocenters. The lowest BCUT2D eigenvalue weighted by Gasteiger charge is -2.16. The molecule has 0 aromatic heterocycles. The number of nitrogens with zero attached hydrogens (tertiary/aromatic N) is 1. The van der Waals surface area contributed by atoms with Gasteiger partial charge in [-0.1, -0.05) is 19.1 Å². The Morgan fingerprint density at radius 2 is 1.82 bits per heavy atom. The summed E-state index contributed by atoms with van der Waals surface area (Å²) in [6.45, 7) is 2.49. The Morgan fingerprint density at radius 1 is 1.24 bits per heavy atom. The molecule has 0 N–H and O–H groups in total. The fourth-order valence-corrected chi connectivity index (χ4v) is 3.03. The second kappa shape index (κ2) is 6.38. The predicted octanol–water partition coefficient (Wildman–Crippen LogP) is 2.50. The summed E-state index contributed by atoms with van der Waals surface area (Å²) in [6.07, 6.45) is 1.56. The Hall–Kier alpha value is -0.580. The molecule has 0 atom stereocenters. The molecule has 1 rings (SSSR count). The maximum Gasteiger partial charge on any atom is 0.242 e. The standard InChI is InChI=1S/C12H18ClNO2S/c1-3-10-14(2)17(15,16)12-6-4-11(5-7-12)8-9-13/h4-7H,3,8-10H2,1-2H3. The van der Waals surface area contributed by atoms with Gasteiger partial charge in [-0.3, -0.25) is 0 Å². The highest BCUT2D eigenvalue weighted by molar-refractivity contribution is 7.89. The van der Waals surface area contributed by atoms with Gasteiger partial charge in [0, 0.05) is 19.5 Å². The SMILES string of the molecule is CCCN(C)S(=O)(=O)c1ccc(CCCl)cc1. The van der Waals surface area contributed by atoms with Gasteiger partial charge >= 0.3 is 0 Å². The van der Waals surface area contributed by atoms with E-state index in [2.05, 4.69) is 0 Å². The molecule has 1 aromatic carbocycles. The van der Waals surface area contributed by atoms with E-state index >= 15 is 0 Å². The predicted molar refractivity (Wildman–Crippen MR) is 71.0 cm³/mol. The van der Waals surface area contributed by atoms with Gasteiger partial charge in [0.25, 0.3) is 0 Å². The van der Waals surface area contributed by atoms with E-state index in [1.54, 1.807) is 19.2 Å². The molecule has 0 bridgehead atoms. The Morgan fingerprint density at radius 3 is 2.29 bits per heavy atom. The minimum absolute atomic E-state index is 0.340. The monoisotopic (exact) mass is 275 g/mol. The maximum absolute atomic E-state index is 12.1. The van der Waals surface area contributed by atoms with Crippen molar-refractivity contribution in [2.45, 2.75) is 24.7 Å². The van der Waals surface area contributed by atoms with E-state index in [-0.39, 0.29) is 0 Å². The molecule has 0 saturated carbocycles. The number of sulfonamides is 1. The zero-order valence-electron chi connectivity index (χ0n) is 10.2. The van der Waals surface area contributed by atoms with E-state index in [1.807, 2.05) is 19.1 Å². The molecular weight excluding hydrogens is 258 g/mol. The van der Waals surface area contributed by atoms with Crippen LogP contribution in [0.25, 0.3) is 0 Å². The van der Waals surface area contributed by atoms with E-state index in [1.165, 1.54) is 4.31 Å². The summed E-state index contributed by atoms with van der Waals surface area (Å²) in [6, 6.07) is 6.91. The molecule has 0 aliphatic carbocycles. The number of aryl methyl sites for hydroxylation is 1. The summed E-state index contributed by atoms with van der Waals surface area (Å²) < 4.78 is 25.6. The molecule has 1 aromatic rings. The van der Waals surface area contributed by atoms with Gasteiger partial charge in [0.2, 0.25) is 10.0 Å². The van der Waals surface area contributed by atoms with Crippen LogP contribution in [-0.2, 0) is 16.4 Å². The molecule has 0 aliphatic rings. The average molecular weight is 276 g/mol. The molecule has 0 aliphatic heterocycles. The lowest BCUT2D eigenvalue weighted by Crippen LogP contribution is -2.27. The average Bonchev–Trinajstić information content (AvgIpc) is 2.30. The molecule has 0 fully saturated rings. The van der Waals surface area contributed by atoms with Crippen LogP contribution in [0.5, 0.6) is 0 Å². The Labute approximate surface area is 108 Å². The quantitative estimate of drug-likeness (QED) is 0.748. The molecule has 0 radical (unpaired) electrons. The van der Waals surface area contributed by atoms with Gasteiger partial charge in [0.15, 0.2) is 0 Å². The second-order valence-electron chi connectivity index (χ2n) is 3.91. The lowest BCUT2D eigenvalue weighted by molar-refractivity contribution is 0.468. The van der Waals surface area contributed by atoms with Gasteiger partial charge in [-0.2, -0.15) is 0 Å². The first-order valence-corrected chi connectivity index (χ1v) is 7.61. The molecule has 96 valence electrons. The Kier molecular flexibility index (Phi) is 5.43. The minimum Gasteiger partial charge on any atom is -0.207 e. The van der Waals surface area contributed by atoms with Crippen LogP contribution < -0.4 is 0 Å². The lowest BCUT2D eigenvalue weighted by atomic mass is 10.2. The van der Waals surface area contributed by atoms with Crippen molar-refractivity contribution in [3.8, 4) is 0 Å². The van der Waals surface area contributed by atoms with Crippen molar-refractivity contribution in [2.24, 2.45) is 0 Å². The molecule has 0 heterocycles. The fourth-order valence-electron chi connectivity index (χ4n) is 1.55. The maximum atomic E-state index is 12.1. The summed E-state index contributed by atoms with van der Waals surface area (Å²) in [4.78, 5) is 0.340. The third-order valence-corrected chi connectivity index (χ3v) is 4.61. The third kappa shape index (κ3) is 3.69.